The van der Waals surface area contributed by atoms with Crippen LogP contribution >= 0.6 is 0 Å². The van der Waals surface area contributed by atoms with E-state index in [1.165, 1.54) is 6.20 Å². The molecule has 0 aliphatic rings. The number of nitrogens with one attached hydrogen (secondary N) is 1. The zero-order chi connectivity index (χ0) is 15.2. The van der Waals surface area contributed by atoms with Gasteiger partial charge in [-0.2, -0.15) is 0 Å². The SMILES string of the molecule is N[C@@H](CCCNC(=O)c1cnc2ccccc2n1)C(=O)O. The van der Waals surface area contributed by atoms with Gasteiger partial charge in [0, 0.05) is 6.54 Å². The van der Waals surface area contributed by atoms with Gasteiger partial charge in [0.1, 0.15) is 11.7 Å². The van der Waals surface area contributed by atoms with Gasteiger partial charge in [-0.25, -0.2) is 4.98 Å². The lowest BCUT2D eigenvalue weighted by molar-refractivity contribution is -0.138. The van der Waals surface area contributed by atoms with Crippen LogP contribution in [-0.2, 0) is 4.79 Å². The van der Waals surface area contributed by atoms with E-state index in [4.69, 9.17) is 10.8 Å². The van der Waals surface area contributed by atoms with Crippen LogP contribution in [0.1, 0.15) is 23.3 Å². The highest BCUT2D eigenvalue weighted by Gasteiger charge is 2.12. The number of hydrogen-bond donors (Lipinski definition) is 3. The number of carboxylic acid groups (broad SMARTS) is 1. The summed E-state index contributed by atoms with van der Waals surface area (Å²) in [6.45, 7) is 0.342. The summed E-state index contributed by atoms with van der Waals surface area (Å²) in [7, 11) is 0. The van der Waals surface area contributed by atoms with Crippen molar-refractivity contribution in [2.45, 2.75) is 18.9 Å². The molecular weight excluding hydrogens is 272 g/mol. The molecule has 0 bridgehead atoms. The highest BCUT2D eigenvalue weighted by Crippen LogP contribution is 2.08. The highest BCUT2D eigenvalue weighted by atomic mass is 16.4. The summed E-state index contributed by atoms with van der Waals surface area (Å²) in [6, 6.07) is 6.37. The summed E-state index contributed by atoms with van der Waals surface area (Å²) in [5.41, 5.74) is 6.98. The topological polar surface area (TPSA) is 118 Å². The number of nitrogens with two attached hydrogens (primary N) is 1. The number of rotatable bonds is 6. The van der Waals surface area contributed by atoms with Gasteiger partial charge in [0.15, 0.2) is 0 Å². The van der Waals surface area contributed by atoms with Crippen molar-refractivity contribution in [3.8, 4) is 0 Å². The molecule has 1 atom stereocenters. The van der Waals surface area contributed by atoms with Crippen LogP contribution in [0.4, 0.5) is 0 Å². The minimum atomic E-state index is -1.04. The molecule has 1 heterocycles. The smallest absolute Gasteiger partial charge is 0.320 e. The second-order valence-electron chi connectivity index (χ2n) is 4.59. The average Bonchev–Trinajstić information content (AvgIpc) is 2.50. The van der Waals surface area contributed by atoms with Crippen molar-refractivity contribution >= 4 is 22.9 Å². The Labute approximate surface area is 121 Å². The van der Waals surface area contributed by atoms with Gasteiger partial charge < -0.3 is 16.2 Å². The summed E-state index contributed by atoms with van der Waals surface area (Å²) in [5.74, 6) is -1.38. The summed E-state index contributed by atoms with van der Waals surface area (Å²) in [5, 5.41) is 11.3. The van der Waals surface area contributed by atoms with Crippen molar-refractivity contribution in [3.05, 3.63) is 36.2 Å². The fraction of sp³-hybridized carbons (Fsp3) is 0.286. The van der Waals surface area contributed by atoms with E-state index in [-0.39, 0.29) is 11.6 Å². The number of nitrogens with zero attached hydrogens (tertiary/aromatic N) is 2. The second-order valence-corrected chi connectivity index (χ2v) is 4.59. The Morgan fingerprint density at radius 2 is 2.00 bits per heavy atom. The monoisotopic (exact) mass is 288 g/mol. The fourth-order valence-electron chi connectivity index (χ4n) is 1.80. The molecule has 0 saturated heterocycles. The minimum absolute atomic E-state index is 0.233. The van der Waals surface area contributed by atoms with Crippen molar-refractivity contribution in [3.63, 3.8) is 0 Å². The molecule has 21 heavy (non-hydrogen) atoms. The molecule has 7 heteroatoms. The van der Waals surface area contributed by atoms with Crippen LogP contribution in [-0.4, -0.2) is 39.5 Å². The molecule has 0 spiro atoms. The molecule has 2 aromatic rings. The number of carboxylic acids is 1. The van der Waals surface area contributed by atoms with Gasteiger partial charge in [0.2, 0.25) is 0 Å². The minimum Gasteiger partial charge on any atom is -0.480 e. The quantitative estimate of drug-likeness (QED) is 0.668. The number of amides is 1. The van der Waals surface area contributed by atoms with Crippen molar-refractivity contribution in [1.29, 1.82) is 0 Å². The lowest BCUT2D eigenvalue weighted by atomic mass is 10.2. The maximum absolute atomic E-state index is 11.9. The maximum Gasteiger partial charge on any atom is 0.320 e. The van der Waals surface area contributed by atoms with Crippen LogP contribution < -0.4 is 11.1 Å². The van der Waals surface area contributed by atoms with Crippen LogP contribution in [0.3, 0.4) is 0 Å². The van der Waals surface area contributed by atoms with Crippen LogP contribution in [0.15, 0.2) is 30.5 Å². The first kappa shape index (κ1) is 14.9. The summed E-state index contributed by atoms with van der Waals surface area (Å²) < 4.78 is 0. The number of benzene rings is 1. The number of para-hydroxylation sites is 2. The van der Waals surface area contributed by atoms with Gasteiger partial charge in [0.25, 0.3) is 5.91 Å². The van der Waals surface area contributed by atoms with Crippen LogP contribution in [0, 0.1) is 0 Å². The molecular formula is C14H16N4O3. The molecule has 0 saturated carbocycles. The largest absolute Gasteiger partial charge is 0.480 e. The Kier molecular flexibility index (Phi) is 4.78. The van der Waals surface area contributed by atoms with Crippen LogP contribution in [0.25, 0.3) is 11.0 Å². The first-order valence-corrected chi connectivity index (χ1v) is 6.56. The average molecular weight is 288 g/mol. The van der Waals surface area contributed by atoms with Gasteiger partial charge >= 0.3 is 5.97 Å². The fourth-order valence-corrected chi connectivity index (χ4v) is 1.80. The van der Waals surface area contributed by atoms with Gasteiger partial charge in [-0.3, -0.25) is 14.6 Å². The normalized spacial score (nSPS) is 12.0. The van der Waals surface area contributed by atoms with Gasteiger partial charge in [0.05, 0.1) is 17.2 Å². The van der Waals surface area contributed by atoms with Crippen LogP contribution in [0.2, 0.25) is 0 Å². The number of aromatic nitrogens is 2. The van der Waals surface area contributed by atoms with Crippen molar-refractivity contribution in [2.75, 3.05) is 6.54 Å². The Bertz CT molecular complexity index is 659. The Balaban J connectivity index is 1.89. The molecule has 4 N–H and O–H groups in total. The van der Waals surface area contributed by atoms with E-state index in [1.54, 1.807) is 6.07 Å². The number of carbonyl (C=O) groups excluding carboxylic acids is 1. The molecule has 2 rings (SSSR count). The molecule has 0 unspecified atom stereocenters. The molecule has 0 radical (unpaired) electrons. The van der Waals surface area contributed by atoms with Crippen molar-refractivity contribution in [2.24, 2.45) is 5.73 Å². The first-order chi connectivity index (χ1) is 10.1. The van der Waals surface area contributed by atoms with E-state index >= 15 is 0 Å². The zero-order valence-corrected chi connectivity index (χ0v) is 11.3. The van der Waals surface area contributed by atoms with E-state index in [2.05, 4.69) is 15.3 Å². The first-order valence-electron chi connectivity index (χ1n) is 6.56. The van der Waals surface area contributed by atoms with E-state index in [1.807, 2.05) is 18.2 Å². The number of aliphatic carboxylic acids is 1. The van der Waals surface area contributed by atoms with Crippen molar-refractivity contribution in [1.82, 2.24) is 15.3 Å². The van der Waals surface area contributed by atoms with E-state index in [9.17, 15) is 9.59 Å². The van der Waals surface area contributed by atoms with Gasteiger partial charge in [-0.1, -0.05) is 12.1 Å². The summed E-state index contributed by atoms with van der Waals surface area (Å²) in [4.78, 5) is 30.8. The molecule has 1 aromatic carbocycles. The van der Waals surface area contributed by atoms with Crippen LogP contribution in [0.5, 0.6) is 0 Å². The number of fused-ring (bicyclic) bond motifs is 1. The summed E-state index contributed by atoms with van der Waals surface area (Å²) in [6.07, 6.45) is 2.21. The van der Waals surface area contributed by atoms with E-state index in [0.29, 0.717) is 24.9 Å². The molecule has 0 fully saturated rings. The molecule has 110 valence electrons. The predicted octanol–water partition coefficient (Wildman–Crippen LogP) is 0.552. The third kappa shape index (κ3) is 3.96. The van der Waals surface area contributed by atoms with Gasteiger partial charge in [-0.15, -0.1) is 0 Å². The molecule has 7 nitrogen and oxygen atoms in total. The Hall–Kier alpha value is -2.54. The molecule has 1 amide bonds. The molecule has 1 aromatic heterocycles. The Morgan fingerprint density at radius 1 is 1.29 bits per heavy atom. The molecule has 0 aliphatic carbocycles. The lowest BCUT2D eigenvalue weighted by Gasteiger charge is -2.07. The molecule has 0 aliphatic heterocycles. The summed E-state index contributed by atoms with van der Waals surface area (Å²) >= 11 is 0. The van der Waals surface area contributed by atoms with Crippen molar-refractivity contribution < 1.29 is 14.7 Å². The second kappa shape index (κ2) is 6.76. The van der Waals surface area contributed by atoms with Gasteiger partial charge in [-0.05, 0) is 25.0 Å². The predicted molar refractivity (Wildman–Crippen MR) is 76.7 cm³/mol. The lowest BCUT2D eigenvalue weighted by Crippen LogP contribution is -2.32. The third-order valence-electron chi connectivity index (χ3n) is 2.98. The standard InChI is InChI=1S/C14H16N4O3/c15-9(14(20)21)4-3-7-16-13(19)12-8-17-10-5-1-2-6-11(10)18-12/h1-2,5-6,8-9H,3-4,7,15H2,(H,16,19)(H,20,21)/t9-/m0/s1. The Morgan fingerprint density at radius 3 is 2.71 bits per heavy atom. The van der Waals surface area contributed by atoms with E-state index < -0.39 is 12.0 Å². The highest BCUT2D eigenvalue weighted by molar-refractivity contribution is 5.93. The third-order valence-corrected chi connectivity index (χ3v) is 2.98. The van der Waals surface area contributed by atoms with E-state index in [0.717, 1.165) is 5.52 Å². The maximum atomic E-state index is 11.9. The number of carbonyl (C=O) groups is 2. The number of hydrogen-bond acceptors (Lipinski definition) is 5. The zero-order valence-electron chi connectivity index (χ0n) is 11.3.